The summed E-state index contributed by atoms with van der Waals surface area (Å²) in [4.78, 5) is 11.1. The van der Waals surface area contributed by atoms with Crippen molar-refractivity contribution in [1.29, 1.82) is 0 Å². The number of nitrogens with zero attached hydrogens (tertiary/aromatic N) is 1. The molecule has 220 valence electrons. The average Bonchev–Trinajstić information content (AvgIpc) is 3.32. The summed E-state index contributed by atoms with van der Waals surface area (Å²) in [6.45, 7) is 4.34. The van der Waals surface area contributed by atoms with Gasteiger partial charge in [-0.15, -0.1) is 0 Å². The van der Waals surface area contributed by atoms with Crippen LogP contribution in [0.3, 0.4) is 0 Å². The molecule has 0 heterocycles. The Labute approximate surface area is 242 Å². The van der Waals surface area contributed by atoms with E-state index in [1.165, 1.54) is 48.5 Å². The average molecular weight is 583 g/mol. The number of likely N-dealkylation sites (N-methyl/N-ethyl adjacent to an activating group) is 1. The van der Waals surface area contributed by atoms with Gasteiger partial charge in [-0.3, -0.25) is 4.79 Å². The van der Waals surface area contributed by atoms with Gasteiger partial charge in [-0.25, -0.2) is 12.8 Å². The fourth-order valence-electron chi connectivity index (χ4n) is 5.72. The molecule has 0 radical (unpaired) electrons. The number of carboxylic acids is 1. The summed E-state index contributed by atoms with van der Waals surface area (Å²) < 4.78 is 42.0. The lowest BCUT2D eigenvalue weighted by Crippen LogP contribution is -2.47. The summed E-state index contributed by atoms with van der Waals surface area (Å²) in [5.41, 5.74) is 4.10. The van der Waals surface area contributed by atoms with Gasteiger partial charge in [0.1, 0.15) is 5.82 Å². The smallest absolute Gasteiger partial charge is 0.303 e. The van der Waals surface area contributed by atoms with E-state index in [0.717, 1.165) is 23.6 Å². The van der Waals surface area contributed by atoms with Crippen LogP contribution in [0.25, 0.3) is 11.1 Å². The van der Waals surface area contributed by atoms with Crippen molar-refractivity contribution in [3.8, 4) is 11.1 Å². The standard InChI is InChI=1S/C32H39FN2O5S/c1-32(2,19-22-15-24-7-4-5-8-25(24)16-22)34-20-28(36)21-35(3)41(39,40)29-10-6-9-26(17-29)30-18-27(33)13-11-23(30)12-14-31(37)38/h4-11,13,17-18,22,28,34,36H,12,14-16,19-21H2,1-3H3,(H,37,38). The van der Waals surface area contributed by atoms with Crippen LogP contribution in [0.2, 0.25) is 0 Å². The number of hydrogen-bond acceptors (Lipinski definition) is 5. The van der Waals surface area contributed by atoms with Crippen molar-refractivity contribution in [3.63, 3.8) is 0 Å². The van der Waals surface area contributed by atoms with E-state index < -0.39 is 27.9 Å². The highest BCUT2D eigenvalue weighted by molar-refractivity contribution is 7.89. The molecule has 0 aromatic heterocycles. The van der Waals surface area contributed by atoms with E-state index in [4.69, 9.17) is 5.11 Å². The van der Waals surface area contributed by atoms with Gasteiger partial charge in [-0.2, -0.15) is 4.31 Å². The Morgan fingerprint density at radius 1 is 1.07 bits per heavy atom. The van der Waals surface area contributed by atoms with Crippen LogP contribution in [0.4, 0.5) is 4.39 Å². The number of sulfonamides is 1. The highest BCUT2D eigenvalue weighted by Gasteiger charge is 2.29. The molecular formula is C32H39FN2O5S. The molecule has 1 atom stereocenters. The van der Waals surface area contributed by atoms with Crippen LogP contribution >= 0.6 is 0 Å². The highest BCUT2D eigenvalue weighted by atomic mass is 32.2. The zero-order chi connectivity index (χ0) is 29.8. The van der Waals surface area contributed by atoms with Gasteiger partial charge in [-0.1, -0.05) is 42.5 Å². The summed E-state index contributed by atoms with van der Waals surface area (Å²) in [6, 6.07) is 18.7. The molecule has 0 bridgehead atoms. The van der Waals surface area contributed by atoms with Crippen LogP contribution in [-0.4, -0.2) is 60.7 Å². The minimum absolute atomic E-state index is 0.00670. The Balaban J connectivity index is 1.38. The number of carbonyl (C=O) groups is 1. The van der Waals surface area contributed by atoms with Gasteiger partial charge in [0.15, 0.2) is 0 Å². The third kappa shape index (κ3) is 8.01. The number of β-amino-alcohol motifs (C(OH)–C–C–N with tert-alkyl or cyclic N) is 1. The number of aliphatic hydroxyl groups is 1. The second kappa shape index (κ2) is 12.8. The van der Waals surface area contributed by atoms with Crippen molar-refractivity contribution in [2.24, 2.45) is 5.92 Å². The Bertz CT molecular complexity index is 1470. The molecule has 0 aliphatic heterocycles. The van der Waals surface area contributed by atoms with E-state index >= 15 is 0 Å². The molecule has 4 rings (SSSR count). The third-order valence-electron chi connectivity index (χ3n) is 7.75. The highest BCUT2D eigenvalue weighted by Crippen LogP contribution is 2.32. The zero-order valence-corrected chi connectivity index (χ0v) is 24.6. The van der Waals surface area contributed by atoms with Crippen molar-refractivity contribution in [2.45, 2.75) is 62.5 Å². The Morgan fingerprint density at radius 2 is 1.76 bits per heavy atom. The van der Waals surface area contributed by atoms with E-state index in [0.29, 0.717) is 22.6 Å². The first kappa shape index (κ1) is 30.8. The van der Waals surface area contributed by atoms with Crippen LogP contribution in [0, 0.1) is 11.7 Å². The molecule has 3 aromatic carbocycles. The van der Waals surface area contributed by atoms with Gasteiger partial charge >= 0.3 is 5.97 Å². The lowest BCUT2D eigenvalue weighted by Gasteiger charge is -2.31. The molecule has 1 unspecified atom stereocenters. The van der Waals surface area contributed by atoms with Crippen LogP contribution < -0.4 is 5.32 Å². The quantitative estimate of drug-likeness (QED) is 0.271. The fraction of sp³-hybridized carbons (Fsp3) is 0.406. The molecular weight excluding hydrogens is 543 g/mol. The van der Waals surface area contributed by atoms with E-state index in [9.17, 15) is 22.7 Å². The maximum Gasteiger partial charge on any atom is 0.303 e. The second-order valence-electron chi connectivity index (χ2n) is 11.7. The van der Waals surface area contributed by atoms with Crippen LogP contribution in [0.15, 0.2) is 71.6 Å². The number of aryl methyl sites for hydroxylation is 1. The number of carboxylic acid groups (broad SMARTS) is 1. The van der Waals surface area contributed by atoms with Crippen LogP contribution in [0.5, 0.6) is 0 Å². The summed E-state index contributed by atoms with van der Waals surface area (Å²) in [7, 11) is -2.54. The number of benzene rings is 3. The van der Waals surface area contributed by atoms with Gasteiger partial charge in [0.25, 0.3) is 0 Å². The third-order valence-corrected chi connectivity index (χ3v) is 9.57. The Kier molecular flexibility index (Phi) is 9.64. The zero-order valence-electron chi connectivity index (χ0n) is 23.8. The molecule has 0 spiro atoms. The summed E-state index contributed by atoms with van der Waals surface area (Å²) >= 11 is 0. The lowest BCUT2D eigenvalue weighted by atomic mass is 9.88. The van der Waals surface area contributed by atoms with Crippen molar-refractivity contribution < 1.29 is 27.8 Å². The molecule has 1 aliphatic carbocycles. The molecule has 9 heteroatoms. The molecule has 0 amide bonds. The topological polar surface area (TPSA) is 107 Å². The van der Waals surface area contributed by atoms with Gasteiger partial charge in [-0.05, 0) is 97.5 Å². The number of fused-ring (bicyclic) bond motifs is 1. The first-order chi connectivity index (χ1) is 19.3. The first-order valence-electron chi connectivity index (χ1n) is 13.9. The molecule has 3 N–H and O–H groups in total. The first-order valence-corrected chi connectivity index (χ1v) is 15.3. The van der Waals surface area contributed by atoms with Crippen molar-refractivity contribution >= 4 is 16.0 Å². The van der Waals surface area contributed by atoms with Crippen LogP contribution in [0.1, 0.15) is 43.4 Å². The van der Waals surface area contributed by atoms with Gasteiger partial charge in [0.2, 0.25) is 10.0 Å². The summed E-state index contributed by atoms with van der Waals surface area (Å²) in [5.74, 6) is -0.954. The van der Waals surface area contributed by atoms with Gasteiger partial charge < -0.3 is 15.5 Å². The molecule has 7 nitrogen and oxygen atoms in total. The molecule has 3 aromatic rings. The molecule has 41 heavy (non-hydrogen) atoms. The number of aliphatic carboxylic acids is 1. The Morgan fingerprint density at radius 3 is 2.41 bits per heavy atom. The number of hydrogen-bond donors (Lipinski definition) is 3. The minimum atomic E-state index is -3.96. The lowest BCUT2D eigenvalue weighted by molar-refractivity contribution is -0.136. The van der Waals surface area contributed by atoms with E-state index in [1.807, 2.05) is 0 Å². The van der Waals surface area contributed by atoms with Gasteiger partial charge in [0, 0.05) is 32.1 Å². The fourth-order valence-corrected chi connectivity index (χ4v) is 6.98. The molecule has 1 aliphatic rings. The van der Waals surface area contributed by atoms with E-state index in [2.05, 4.69) is 43.4 Å². The number of aliphatic hydroxyl groups excluding tert-OH is 1. The van der Waals surface area contributed by atoms with E-state index in [1.54, 1.807) is 12.1 Å². The summed E-state index contributed by atoms with van der Waals surface area (Å²) in [6.07, 6.45) is 2.15. The van der Waals surface area contributed by atoms with Gasteiger partial charge in [0.05, 0.1) is 11.0 Å². The predicted molar refractivity (Wildman–Crippen MR) is 158 cm³/mol. The van der Waals surface area contributed by atoms with Crippen molar-refractivity contribution in [1.82, 2.24) is 9.62 Å². The number of halogens is 1. The SMILES string of the molecule is CN(CC(O)CNC(C)(C)CC1Cc2ccccc2C1)S(=O)(=O)c1cccc(-c2cc(F)ccc2CCC(=O)O)c1. The minimum Gasteiger partial charge on any atom is -0.481 e. The van der Waals surface area contributed by atoms with Crippen molar-refractivity contribution in [3.05, 3.63) is 89.2 Å². The normalized spacial score (nSPS) is 14.8. The van der Waals surface area contributed by atoms with Crippen LogP contribution in [-0.2, 0) is 34.1 Å². The van der Waals surface area contributed by atoms with E-state index in [-0.39, 0.29) is 36.4 Å². The number of rotatable bonds is 13. The molecule has 0 saturated carbocycles. The summed E-state index contributed by atoms with van der Waals surface area (Å²) in [5, 5.41) is 23.2. The molecule has 0 saturated heterocycles. The largest absolute Gasteiger partial charge is 0.481 e. The number of nitrogens with one attached hydrogen (secondary N) is 1. The maximum atomic E-state index is 14.1. The molecule has 0 fully saturated rings. The maximum absolute atomic E-state index is 14.1. The second-order valence-corrected chi connectivity index (χ2v) is 13.7. The predicted octanol–water partition coefficient (Wildman–Crippen LogP) is 4.66. The monoisotopic (exact) mass is 582 g/mol. The van der Waals surface area contributed by atoms with Crippen molar-refractivity contribution in [2.75, 3.05) is 20.1 Å². The Hall–Kier alpha value is -3.11.